The van der Waals surface area contributed by atoms with E-state index in [1.807, 2.05) is 13.0 Å². The lowest BCUT2D eigenvalue weighted by atomic mass is 10.1. The Morgan fingerprint density at radius 2 is 1.59 bits per heavy atom. The average Bonchev–Trinajstić information content (AvgIpc) is 2.78. The molecule has 7 heteroatoms. The summed E-state index contributed by atoms with van der Waals surface area (Å²) in [5, 5.41) is 0. The Balaban J connectivity index is 1.62. The summed E-state index contributed by atoms with van der Waals surface area (Å²) in [7, 11) is 0. The Morgan fingerprint density at radius 3 is 2.21 bits per heavy atom. The molecule has 0 saturated carbocycles. The molecule has 0 bridgehead atoms. The number of hydrogen-bond donors (Lipinski definition) is 0. The predicted octanol–water partition coefficient (Wildman–Crippen LogP) is 2.61. The lowest BCUT2D eigenvalue weighted by molar-refractivity contribution is -0.164. The first-order chi connectivity index (χ1) is 14.2. The number of hydrogen-bond acceptors (Lipinski definition) is 6. The number of carbonyl (C=O) groups excluding carboxylic acids is 2. The molecule has 3 rings (SSSR count). The third-order valence-electron chi connectivity index (χ3n) is 4.39. The van der Waals surface area contributed by atoms with E-state index in [1.54, 1.807) is 53.4 Å². The number of carbonyl (C=O) groups is 2. The highest BCUT2D eigenvalue weighted by Crippen LogP contribution is 2.22. The van der Waals surface area contributed by atoms with Gasteiger partial charge in [-0.25, -0.2) is 4.79 Å². The third kappa shape index (κ3) is 5.96. The monoisotopic (exact) mass is 399 g/mol. The first-order valence-corrected chi connectivity index (χ1v) is 9.64. The minimum absolute atomic E-state index is 0.256. The lowest BCUT2D eigenvalue weighted by Gasteiger charge is -2.30. The van der Waals surface area contributed by atoms with Crippen LogP contribution >= 0.6 is 0 Å². The van der Waals surface area contributed by atoms with E-state index >= 15 is 0 Å². The van der Waals surface area contributed by atoms with Gasteiger partial charge in [0.2, 0.25) is 6.10 Å². The van der Waals surface area contributed by atoms with Gasteiger partial charge in [-0.3, -0.25) is 4.79 Å². The van der Waals surface area contributed by atoms with Gasteiger partial charge in [-0.15, -0.1) is 0 Å². The van der Waals surface area contributed by atoms with Crippen molar-refractivity contribution in [3.63, 3.8) is 0 Å². The highest BCUT2D eigenvalue weighted by molar-refractivity contribution is 5.85. The van der Waals surface area contributed by atoms with Gasteiger partial charge in [0, 0.05) is 18.7 Å². The zero-order chi connectivity index (χ0) is 20.5. The van der Waals surface area contributed by atoms with Gasteiger partial charge in [-0.1, -0.05) is 30.3 Å². The van der Waals surface area contributed by atoms with Gasteiger partial charge in [0.15, 0.2) is 6.61 Å². The van der Waals surface area contributed by atoms with E-state index < -0.39 is 12.1 Å². The quantitative estimate of drug-likeness (QED) is 0.636. The van der Waals surface area contributed by atoms with Crippen LogP contribution in [0.4, 0.5) is 0 Å². The standard InChI is InChI=1S/C22H25NO6/c1-2-27-18-8-10-19(11-9-18)28-16-20(24)29-21(17-6-4-3-5-7-17)22(25)23-12-14-26-15-13-23/h3-11,21H,2,12-16H2,1H3/t21-/m1/s1. The summed E-state index contributed by atoms with van der Waals surface area (Å²) in [4.78, 5) is 27.0. The van der Waals surface area contributed by atoms with Gasteiger partial charge in [0.25, 0.3) is 5.91 Å². The van der Waals surface area contributed by atoms with Gasteiger partial charge >= 0.3 is 5.97 Å². The van der Waals surface area contributed by atoms with Crippen molar-refractivity contribution in [3.05, 3.63) is 60.2 Å². The van der Waals surface area contributed by atoms with Crippen LogP contribution in [0, 0.1) is 0 Å². The minimum Gasteiger partial charge on any atom is -0.494 e. The lowest BCUT2D eigenvalue weighted by Crippen LogP contribution is -2.44. The average molecular weight is 399 g/mol. The Kier molecular flexibility index (Phi) is 7.47. The van der Waals surface area contributed by atoms with Crippen LogP contribution in [-0.2, 0) is 19.1 Å². The number of ether oxygens (including phenoxy) is 4. The van der Waals surface area contributed by atoms with E-state index in [9.17, 15) is 9.59 Å². The molecule has 1 fully saturated rings. The fraction of sp³-hybridized carbons (Fsp3) is 0.364. The van der Waals surface area contributed by atoms with Crippen LogP contribution in [0.15, 0.2) is 54.6 Å². The normalized spacial score (nSPS) is 14.7. The number of nitrogens with zero attached hydrogens (tertiary/aromatic N) is 1. The van der Waals surface area contributed by atoms with Crippen molar-refractivity contribution in [3.8, 4) is 11.5 Å². The Labute approximate surface area is 170 Å². The summed E-state index contributed by atoms with van der Waals surface area (Å²) < 4.78 is 21.7. The molecule has 1 amide bonds. The number of rotatable bonds is 8. The van der Waals surface area contributed by atoms with Crippen LogP contribution in [0.25, 0.3) is 0 Å². The Hall–Kier alpha value is -3.06. The fourth-order valence-corrected chi connectivity index (χ4v) is 2.94. The second kappa shape index (κ2) is 10.5. The van der Waals surface area contributed by atoms with E-state index in [4.69, 9.17) is 18.9 Å². The zero-order valence-electron chi connectivity index (χ0n) is 16.4. The van der Waals surface area contributed by atoms with Crippen LogP contribution in [0.2, 0.25) is 0 Å². The maximum Gasteiger partial charge on any atom is 0.345 e. The second-order valence-corrected chi connectivity index (χ2v) is 6.41. The minimum atomic E-state index is -1.01. The molecule has 0 aliphatic carbocycles. The van der Waals surface area contributed by atoms with Crippen molar-refractivity contribution >= 4 is 11.9 Å². The van der Waals surface area contributed by atoms with E-state index in [-0.39, 0.29) is 12.5 Å². The molecule has 0 aromatic heterocycles. The molecule has 1 atom stereocenters. The van der Waals surface area contributed by atoms with Crippen molar-refractivity contribution in [2.75, 3.05) is 39.5 Å². The van der Waals surface area contributed by atoms with Gasteiger partial charge in [0.05, 0.1) is 19.8 Å². The SMILES string of the molecule is CCOc1ccc(OCC(=O)O[C@@H](C(=O)N2CCOCC2)c2ccccc2)cc1. The molecular weight excluding hydrogens is 374 g/mol. The molecule has 1 aliphatic rings. The van der Waals surface area contributed by atoms with Crippen LogP contribution in [-0.4, -0.2) is 56.3 Å². The molecule has 1 aliphatic heterocycles. The van der Waals surface area contributed by atoms with Crippen LogP contribution < -0.4 is 9.47 Å². The molecule has 0 spiro atoms. The summed E-state index contributed by atoms with van der Waals surface area (Å²) in [6.45, 7) is 4.08. The summed E-state index contributed by atoms with van der Waals surface area (Å²) in [6, 6.07) is 15.9. The molecule has 1 heterocycles. The van der Waals surface area contributed by atoms with Crippen LogP contribution in [0.3, 0.4) is 0 Å². The highest BCUT2D eigenvalue weighted by atomic mass is 16.6. The van der Waals surface area contributed by atoms with Crippen LogP contribution in [0.5, 0.6) is 11.5 Å². The predicted molar refractivity (Wildman–Crippen MR) is 106 cm³/mol. The molecular formula is C22H25NO6. The molecule has 29 heavy (non-hydrogen) atoms. The molecule has 7 nitrogen and oxygen atoms in total. The van der Waals surface area contributed by atoms with Crippen molar-refractivity contribution in [2.45, 2.75) is 13.0 Å². The molecule has 2 aromatic rings. The summed E-state index contributed by atoms with van der Waals surface area (Å²) in [5.41, 5.74) is 0.624. The molecule has 0 N–H and O–H groups in total. The van der Waals surface area contributed by atoms with Gasteiger partial charge in [0.1, 0.15) is 11.5 Å². The second-order valence-electron chi connectivity index (χ2n) is 6.41. The first-order valence-electron chi connectivity index (χ1n) is 9.64. The topological polar surface area (TPSA) is 74.3 Å². The van der Waals surface area contributed by atoms with Gasteiger partial charge < -0.3 is 23.8 Å². The Morgan fingerprint density at radius 1 is 0.966 bits per heavy atom. The smallest absolute Gasteiger partial charge is 0.345 e. The molecule has 1 saturated heterocycles. The number of morpholine rings is 1. The number of amides is 1. The maximum absolute atomic E-state index is 12.9. The van der Waals surface area contributed by atoms with E-state index in [2.05, 4.69) is 0 Å². The largest absolute Gasteiger partial charge is 0.494 e. The highest BCUT2D eigenvalue weighted by Gasteiger charge is 2.30. The number of esters is 1. The Bertz CT molecular complexity index is 787. The maximum atomic E-state index is 12.9. The van der Waals surface area contributed by atoms with E-state index in [0.717, 1.165) is 5.75 Å². The van der Waals surface area contributed by atoms with Gasteiger partial charge in [-0.05, 0) is 31.2 Å². The summed E-state index contributed by atoms with van der Waals surface area (Å²) in [6.07, 6.45) is -1.01. The van der Waals surface area contributed by atoms with E-state index in [1.165, 1.54) is 0 Å². The van der Waals surface area contributed by atoms with Crippen LogP contribution in [0.1, 0.15) is 18.6 Å². The third-order valence-corrected chi connectivity index (χ3v) is 4.39. The molecule has 2 aromatic carbocycles. The van der Waals surface area contributed by atoms with Gasteiger partial charge in [-0.2, -0.15) is 0 Å². The summed E-state index contributed by atoms with van der Waals surface area (Å²) in [5.74, 6) is 0.368. The summed E-state index contributed by atoms with van der Waals surface area (Å²) >= 11 is 0. The fourth-order valence-electron chi connectivity index (χ4n) is 2.94. The van der Waals surface area contributed by atoms with Crippen molar-refractivity contribution in [1.29, 1.82) is 0 Å². The first kappa shape index (κ1) is 20.7. The van der Waals surface area contributed by atoms with Crippen molar-refractivity contribution in [1.82, 2.24) is 4.90 Å². The van der Waals surface area contributed by atoms with Crippen molar-refractivity contribution in [2.24, 2.45) is 0 Å². The zero-order valence-corrected chi connectivity index (χ0v) is 16.4. The van der Waals surface area contributed by atoms with Crippen molar-refractivity contribution < 1.29 is 28.5 Å². The molecule has 0 radical (unpaired) electrons. The molecule has 0 unspecified atom stereocenters. The van der Waals surface area contributed by atoms with E-state index in [0.29, 0.717) is 44.2 Å². The molecule has 154 valence electrons. The number of benzene rings is 2.